The van der Waals surface area contributed by atoms with E-state index in [1.165, 1.54) is 0 Å². The van der Waals surface area contributed by atoms with Gasteiger partial charge in [-0.2, -0.15) is 0 Å². The van der Waals surface area contributed by atoms with E-state index in [2.05, 4.69) is 9.88 Å². The molecule has 0 radical (unpaired) electrons. The molecule has 2 aromatic carbocycles. The van der Waals surface area contributed by atoms with E-state index < -0.39 is 17.8 Å². The Labute approximate surface area is 174 Å². The van der Waals surface area contributed by atoms with Crippen LogP contribution >= 0.6 is 0 Å². The van der Waals surface area contributed by atoms with Crippen LogP contribution in [0.3, 0.4) is 0 Å². The van der Waals surface area contributed by atoms with Gasteiger partial charge in [0.25, 0.3) is 11.8 Å². The highest BCUT2D eigenvalue weighted by Crippen LogP contribution is 2.27. The Bertz CT molecular complexity index is 1210. The van der Waals surface area contributed by atoms with Crippen LogP contribution in [-0.4, -0.2) is 22.4 Å². The van der Waals surface area contributed by atoms with Crippen molar-refractivity contribution in [1.29, 1.82) is 0 Å². The predicted molar refractivity (Wildman–Crippen MR) is 115 cm³/mol. The highest BCUT2D eigenvalue weighted by atomic mass is 16.2. The summed E-state index contributed by atoms with van der Waals surface area (Å²) in [7, 11) is 0. The summed E-state index contributed by atoms with van der Waals surface area (Å²) in [5, 5.41) is 2.26. The Morgan fingerprint density at radius 3 is 2.23 bits per heavy atom. The molecule has 1 N–H and O–H groups in total. The predicted octanol–water partition coefficient (Wildman–Crippen LogP) is 4.07. The van der Waals surface area contributed by atoms with E-state index in [-0.39, 0.29) is 5.57 Å². The molecule has 30 heavy (non-hydrogen) atoms. The van der Waals surface area contributed by atoms with Gasteiger partial charge in [-0.1, -0.05) is 36.4 Å². The average molecular weight is 399 g/mol. The number of anilines is 1. The molecule has 150 valence electrons. The van der Waals surface area contributed by atoms with Crippen molar-refractivity contribution in [3.8, 4) is 5.69 Å². The zero-order valence-electron chi connectivity index (χ0n) is 17.0. The molecular formula is C24H21N3O3. The van der Waals surface area contributed by atoms with Crippen LogP contribution < -0.4 is 10.2 Å². The first-order chi connectivity index (χ1) is 14.4. The van der Waals surface area contributed by atoms with E-state index in [0.717, 1.165) is 33.1 Å². The van der Waals surface area contributed by atoms with Crippen molar-refractivity contribution >= 4 is 29.6 Å². The van der Waals surface area contributed by atoms with Gasteiger partial charge in [0.15, 0.2) is 0 Å². The summed E-state index contributed by atoms with van der Waals surface area (Å²) in [6, 6.07) is 17.7. The lowest BCUT2D eigenvalue weighted by Gasteiger charge is -2.26. The summed E-state index contributed by atoms with van der Waals surface area (Å²) in [4.78, 5) is 38.8. The Morgan fingerprint density at radius 2 is 1.53 bits per heavy atom. The van der Waals surface area contributed by atoms with Gasteiger partial charge in [-0.3, -0.25) is 14.9 Å². The lowest BCUT2D eigenvalue weighted by atomic mass is 10.1. The van der Waals surface area contributed by atoms with Crippen molar-refractivity contribution in [1.82, 2.24) is 9.88 Å². The maximum atomic E-state index is 13.0. The number of rotatable bonds is 3. The normalized spacial score (nSPS) is 15.6. The molecule has 4 amide bonds. The van der Waals surface area contributed by atoms with Crippen LogP contribution in [0, 0.1) is 20.8 Å². The van der Waals surface area contributed by atoms with E-state index in [9.17, 15) is 14.4 Å². The molecule has 0 bridgehead atoms. The van der Waals surface area contributed by atoms with Crippen molar-refractivity contribution in [3.05, 3.63) is 88.8 Å². The number of nitrogens with one attached hydrogen (secondary N) is 1. The van der Waals surface area contributed by atoms with Crippen molar-refractivity contribution in [2.75, 3.05) is 4.90 Å². The van der Waals surface area contributed by atoms with Gasteiger partial charge in [-0.05, 0) is 62.2 Å². The number of urea groups is 1. The van der Waals surface area contributed by atoms with Gasteiger partial charge in [-0.15, -0.1) is 0 Å². The summed E-state index contributed by atoms with van der Waals surface area (Å²) >= 11 is 0. The third kappa shape index (κ3) is 3.22. The molecule has 0 unspecified atom stereocenters. The number of para-hydroxylation sites is 2. The molecule has 0 spiro atoms. The molecule has 2 heterocycles. The second kappa shape index (κ2) is 7.48. The number of aromatic nitrogens is 1. The summed E-state index contributed by atoms with van der Waals surface area (Å²) < 4.78 is 2.09. The fraction of sp³-hybridized carbons (Fsp3) is 0.125. The van der Waals surface area contributed by atoms with E-state index in [1.807, 2.05) is 51.1 Å². The van der Waals surface area contributed by atoms with Crippen LogP contribution in [0.1, 0.15) is 22.5 Å². The lowest BCUT2D eigenvalue weighted by molar-refractivity contribution is -0.122. The Balaban J connectivity index is 1.79. The van der Waals surface area contributed by atoms with Gasteiger partial charge in [0.2, 0.25) is 0 Å². The Morgan fingerprint density at radius 1 is 0.867 bits per heavy atom. The summed E-state index contributed by atoms with van der Waals surface area (Å²) in [5.74, 6) is -1.34. The third-order valence-corrected chi connectivity index (χ3v) is 5.24. The van der Waals surface area contributed by atoms with Gasteiger partial charge < -0.3 is 4.57 Å². The maximum Gasteiger partial charge on any atom is 0.335 e. The molecule has 1 aromatic heterocycles. The topological polar surface area (TPSA) is 71.4 Å². The van der Waals surface area contributed by atoms with Crippen molar-refractivity contribution in [2.24, 2.45) is 0 Å². The highest BCUT2D eigenvalue weighted by Gasteiger charge is 2.36. The number of carbonyl (C=O) groups is 3. The molecule has 1 aliphatic heterocycles. The van der Waals surface area contributed by atoms with Crippen LogP contribution in [0.25, 0.3) is 11.8 Å². The van der Waals surface area contributed by atoms with Gasteiger partial charge in [0, 0.05) is 17.1 Å². The number of imide groups is 2. The fourth-order valence-electron chi connectivity index (χ4n) is 3.74. The highest BCUT2D eigenvalue weighted by molar-refractivity contribution is 6.39. The average Bonchev–Trinajstić information content (AvgIpc) is 2.99. The van der Waals surface area contributed by atoms with Crippen LogP contribution in [-0.2, 0) is 9.59 Å². The number of amides is 4. The van der Waals surface area contributed by atoms with E-state index >= 15 is 0 Å². The van der Waals surface area contributed by atoms with Crippen molar-refractivity contribution in [3.63, 3.8) is 0 Å². The van der Waals surface area contributed by atoms with Gasteiger partial charge in [0.05, 0.1) is 5.69 Å². The molecule has 3 aromatic rings. The number of benzene rings is 2. The summed E-state index contributed by atoms with van der Waals surface area (Å²) in [5.41, 5.74) is 5.11. The SMILES string of the molecule is Cc1ccccc1-n1c(C)cc(C=C2C(=O)NC(=O)N(c3ccccc3)C2=O)c1C. The fourth-order valence-corrected chi connectivity index (χ4v) is 3.74. The number of hydrogen-bond donors (Lipinski definition) is 1. The molecule has 1 saturated heterocycles. The maximum absolute atomic E-state index is 13.0. The van der Waals surface area contributed by atoms with Crippen LogP contribution in [0.5, 0.6) is 0 Å². The minimum atomic E-state index is -0.751. The molecule has 6 nitrogen and oxygen atoms in total. The number of nitrogens with zero attached hydrogens (tertiary/aromatic N) is 2. The smallest absolute Gasteiger partial charge is 0.318 e. The van der Waals surface area contributed by atoms with Crippen LogP contribution in [0.15, 0.2) is 66.2 Å². The minimum absolute atomic E-state index is 0.0801. The van der Waals surface area contributed by atoms with Gasteiger partial charge in [-0.25, -0.2) is 9.69 Å². The minimum Gasteiger partial charge on any atom is -0.318 e. The van der Waals surface area contributed by atoms with Gasteiger partial charge in [0.1, 0.15) is 5.57 Å². The lowest BCUT2D eigenvalue weighted by Crippen LogP contribution is -2.54. The molecule has 6 heteroatoms. The molecule has 1 aliphatic rings. The Kier molecular flexibility index (Phi) is 4.83. The molecule has 0 saturated carbocycles. The number of aryl methyl sites for hydroxylation is 2. The molecule has 0 atom stereocenters. The van der Waals surface area contributed by atoms with Crippen molar-refractivity contribution < 1.29 is 14.4 Å². The zero-order chi connectivity index (χ0) is 21.4. The first-order valence-electron chi connectivity index (χ1n) is 9.60. The number of barbiturate groups is 1. The van der Waals surface area contributed by atoms with Crippen LogP contribution in [0.4, 0.5) is 10.5 Å². The van der Waals surface area contributed by atoms with E-state index in [1.54, 1.807) is 36.4 Å². The first-order valence-corrected chi connectivity index (χ1v) is 9.60. The number of hydrogen-bond acceptors (Lipinski definition) is 3. The quantitative estimate of drug-likeness (QED) is 0.533. The summed E-state index contributed by atoms with van der Waals surface area (Å²) in [6.45, 7) is 5.95. The molecule has 4 rings (SSSR count). The molecule has 0 aliphatic carbocycles. The van der Waals surface area contributed by atoms with E-state index in [4.69, 9.17) is 0 Å². The monoisotopic (exact) mass is 399 g/mol. The second-order valence-electron chi connectivity index (χ2n) is 7.24. The number of carbonyl (C=O) groups excluding carboxylic acids is 3. The standard InChI is InChI=1S/C24H21N3O3/c1-15-9-7-8-12-21(15)26-16(2)13-18(17(26)3)14-20-22(28)25-24(30)27(23(20)29)19-10-5-4-6-11-19/h4-14H,1-3H3,(H,25,28,30). The van der Waals surface area contributed by atoms with E-state index in [0.29, 0.717) is 5.69 Å². The molecule has 1 fully saturated rings. The van der Waals surface area contributed by atoms with Gasteiger partial charge >= 0.3 is 6.03 Å². The second-order valence-corrected chi connectivity index (χ2v) is 7.24. The first kappa shape index (κ1) is 19.4. The summed E-state index contributed by atoms with van der Waals surface area (Å²) in [6.07, 6.45) is 1.55. The van der Waals surface area contributed by atoms with Crippen LogP contribution in [0.2, 0.25) is 0 Å². The largest absolute Gasteiger partial charge is 0.335 e. The zero-order valence-corrected chi connectivity index (χ0v) is 17.0. The Hall–Kier alpha value is -3.93. The van der Waals surface area contributed by atoms with Crippen molar-refractivity contribution in [2.45, 2.75) is 20.8 Å². The molecular weight excluding hydrogens is 378 g/mol. The third-order valence-electron chi connectivity index (χ3n) is 5.24.